The van der Waals surface area contributed by atoms with Gasteiger partial charge in [-0.3, -0.25) is 14.7 Å². The summed E-state index contributed by atoms with van der Waals surface area (Å²) in [5.74, 6) is 0.729. The maximum absolute atomic E-state index is 12.9. The molecule has 0 unspecified atom stereocenters. The van der Waals surface area contributed by atoms with Crippen molar-refractivity contribution >= 4 is 17.3 Å². The highest BCUT2D eigenvalue weighted by molar-refractivity contribution is 6.11. The Balaban J connectivity index is 1.74. The van der Waals surface area contributed by atoms with Crippen LogP contribution in [-0.2, 0) is 0 Å². The zero-order chi connectivity index (χ0) is 17.2. The fourth-order valence-corrected chi connectivity index (χ4v) is 3.02. The van der Waals surface area contributed by atoms with Crippen LogP contribution in [0.4, 0.5) is 11.4 Å². The molecule has 0 spiro atoms. The van der Waals surface area contributed by atoms with E-state index in [4.69, 9.17) is 4.74 Å². The van der Waals surface area contributed by atoms with Crippen LogP contribution in [0.15, 0.2) is 72.9 Å². The number of carbonyl (C=O) groups excluding carboxylic acids is 1. The molecule has 2 heterocycles. The molecular formula is C20H17N3O2. The molecule has 0 aliphatic carbocycles. The summed E-state index contributed by atoms with van der Waals surface area (Å²) in [5.41, 5.74) is 3.07. The largest absolute Gasteiger partial charge is 0.497 e. The van der Waals surface area contributed by atoms with Crippen LogP contribution >= 0.6 is 0 Å². The molecule has 1 N–H and O–H groups in total. The minimum Gasteiger partial charge on any atom is -0.497 e. The van der Waals surface area contributed by atoms with Crippen molar-refractivity contribution in [1.82, 2.24) is 4.98 Å². The SMILES string of the molecule is COc1ccc(N[C@H]2c3ncccc3C(=O)N2c2ccccc2)cc1. The van der Waals surface area contributed by atoms with E-state index in [2.05, 4.69) is 10.3 Å². The minimum absolute atomic E-state index is 0.0553. The van der Waals surface area contributed by atoms with Crippen LogP contribution in [0, 0.1) is 0 Å². The van der Waals surface area contributed by atoms with Crippen molar-refractivity contribution in [3.05, 3.63) is 84.2 Å². The number of aromatic nitrogens is 1. The number of anilines is 2. The van der Waals surface area contributed by atoms with E-state index in [1.54, 1.807) is 24.3 Å². The van der Waals surface area contributed by atoms with E-state index in [1.807, 2.05) is 60.7 Å². The first-order chi connectivity index (χ1) is 12.3. The number of para-hydroxylation sites is 1. The number of hydrogen-bond donors (Lipinski definition) is 1. The van der Waals surface area contributed by atoms with Crippen LogP contribution in [0.3, 0.4) is 0 Å². The monoisotopic (exact) mass is 331 g/mol. The van der Waals surface area contributed by atoms with Crippen molar-refractivity contribution in [3.63, 3.8) is 0 Å². The van der Waals surface area contributed by atoms with Crippen LogP contribution in [-0.4, -0.2) is 18.0 Å². The lowest BCUT2D eigenvalue weighted by Crippen LogP contribution is -2.32. The van der Waals surface area contributed by atoms with Crippen LogP contribution in [0.25, 0.3) is 0 Å². The minimum atomic E-state index is -0.362. The number of fused-ring (bicyclic) bond motifs is 1. The third kappa shape index (κ3) is 2.70. The van der Waals surface area contributed by atoms with Gasteiger partial charge in [-0.05, 0) is 48.5 Å². The lowest BCUT2D eigenvalue weighted by molar-refractivity contribution is 0.0993. The smallest absolute Gasteiger partial charge is 0.262 e. The summed E-state index contributed by atoms with van der Waals surface area (Å²) >= 11 is 0. The zero-order valence-corrected chi connectivity index (χ0v) is 13.7. The van der Waals surface area contributed by atoms with E-state index in [0.29, 0.717) is 5.56 Å². The van der Waals surface area contributed by atoms with Gasteiger partial charge in [0, 0.05) is 17.6 Å². The molecular weight excluding hydrogens is 314 g/mol. The van der Waals surface area contributed by atoms with Crippen molar-refractivity contribution in [3.8, 4) is 5.75 Å². The lowest BCUT2D eigenvalue weighted by Gasteiger charge is -2.26. The van der Waals surface area contributed by atoms with Crippen molar-refractivity contribution in [2.45, 2.75) is 6.17 Å². The average Bonchev–Trinajstić information content (AvgIpc) is 2.95. The second-order valence-electron chi connectivity index (χ2n) is 5.72. The Morgan fingerprint density at radius 1 is 1.00 bits per heavy atom. The summed E-state index contributed by atoms with van der Waals surface area (Å²) in [6.07, 6.45) is 1.35. The predicted octanol–water partition coefficient (Wildman–Crippen LogP) is 3.86. The standard InChI is InChI=1S/C20H17N3O2/c1-25-16-11-9-14(10-12-16)22-19-18-17(8-5-13-21-18)20(24)23(19)15-6-3-2-4-7-15/h2-13,19,22H,1H3/t19-/m1/s1. The van der Waals surface area contributed by atoms with Gasteiger partial charge in [0.1, 0.15) is 5.75 Å². The molecule has 0 saturated carbocycles. The summed E-state index contributed by atoms with van der Waals surface area (Å²) < 4.78 is 5.20. The summed E-state index contributed by atoms with van der Waals surface area (Å²) in [6.45, 7) is 0. The third-order valence-corrected chi connectivity index (χ3v) is 4.23. The molecule has 1 atom stereocenters. The Labute approximate surface area is 145 Å². The van der Waals surface area contributed by atoms with Crippen LogP contribution in [0.5, 0.6) is 5.75 Å². The van der Waals surface area contributed by atoms with E-state index in [1.165, 1.54) is 0 Å². The number of nitrogens with one attached hydrogen (secondary N) is 1. The summed E-state index contributed by atoms with van der Waals surface area (Å²) in [5, 5.41) is 3.41. The fraction of sp³-hybridized carbons (Fsp3) is 0.100. The van der Waals surface area contributed by atoms with Crippen LogP contribution < -0.4 is 15.0 Å². The Morgan fingerprint density at radius 2 is 1.76 bits per heavy atom. The highest BCUT2D eigenvalue weighted by Crippen LogP contribution is 2.36. The molecule has 2 aromatic carbocycles. The second kappa shape index (κ2) is 6.28. The van der Waals surface area contributed by atoms with Gasteiger partial charge in [-0.25, -0.2) is 0 Å². The van der Waals surface area contributed by atoms with E-state index in [-0.39, 0.29) is 12.1 Å². The van der Waals surface area contributed by atoms with Gasteiger partial charge in [0.2, 0.25) is 0 Å². The molecule has 124 valence electrons. The second-order valence-corrected chi connectivity index (χ2v) is 5.72. The van der Waals surface area contributed by atoms with Crippen molar-refractivity contribution in [1.29, 1.82) is 0 Å². The van der Waals surface area contributed by atoms with Gasteiger partial charge in [0.25, 0.3) is 5.91 Å². The van der Waals surface area contributed by atoms with Gasteiger partial charge >= 0.3 is 0 Å². The first kappa shape index (κ1) is 15.2. The van der Waals surface area contributed by atoms with Gasteiger partial charge in [-0.2, -0.15) is 0 Å². The first-order valence-corrected chi connectivity index (χ1v) is 8.02. The van der Waals surface area contributed by atoms with E-state index >= 15 is 0 Å². The van der Waals surface area contributed by atoms with E-state index in [9.17, 15) is 4.79 Å². The molecule has 1 aromatic heterocycles. The number of ether oxygens (including phenoxy) is 1. The highest BCUT2D eigenvalue weighted by atomic mass is 16.5. The number of amides is 1. The number of carbonyl (C=O) groups is 1. The van der Waals surface area contributed by atoms with Crippen molar-refractivity contribution in [2.75, 3.05) is 17.3 Å². The van der Waals surface area contributed by atoms with Gasteiger partial charge < -0.3 is 10.1 Å². The number of nitrogens with zero attached hydrogens (tertiary/aromatic N) is 2. The number of benzene rings is 2. The maximum atomic E-state index is 12.9. The Bertz CT molecular complexity index is 894. The van der Waals surface area contributed by atoms with Gasteiger partial charge in [-0.15, -0.1) is 0 Å². The lowest BCUT2D eigenvalue weighted by atomic mass is 10.2. The zero-order valence-electron chi connectivity index (χ0n) is 13.7. The molecule has 5 nitrogen and oxygen atoms in total. The number of rotatable bonds is 4. The quantitative estimate of drug-likeness (QED) is 0.789. The number of hydrogen-bond acceptors (Lipinski definition) is 4. The van der Waals surface area contributed by atoms with Crippen molar-refractivity contribution in [2.24, 2.45) is 0 Å². The number of methoxy groups -OCH3 is 1. The van der Waals surface area contributed by atoms with Gasteiger partial charge in [-0.1, -0.05) is 18.2 Å². The molecule has 0 radical (unpaired) electrons. The molecule has 1 aliphatic rings. The Kier molecular flexibility index (Phi) is 3.82. The molecule has 1 amide bonds. The Morgan fingerprint density at radius 3 is 2.48 bits per heavy atom. The van der Waals surface area contributed by atoms with Gasteiger partial charge in [0.15, 0.2) is 6.17 Å². The first-order valence-electron chi connectivity index (χ1n) is 8.02. The van der Waals surface area contributed by atoms with Crippen molar-refractivity contribution < 1.29 is 9.53 Å². The molecule has 0 fully saturated rings. The molecule has 3 aromatic rings. The summed E-state index contributed by atoms with van der Waals surface area (Å²) in [6, 6.07) is 20.8. The van der Waals surface area contributed by atoms with Crippen LogP contribution in [0.1, 0.15) is 22.2 Å². The molecule has 5 heteroatoms. The summed E-state index contributed by atoms with van der Waals surface area (Å²) in [4.78, 5) is 19.1. The molecule has 0 bridgehead atoms. The normalized spacial score (nSPS) is 15.8. The maximum Gasteiger partial charge on any atom is 0.262 e. The van der Waals surface area contributed by atoms with E-state index < -0.39 is 0 Å². The number of pyridine rings is 1. The Hall–Kier alpha value is -3.34. The molecule has 4 rings (SSSR count). The topological polar surface area (TPSA) is 54.5 Å². The van der Waals surface area contributed by atoms with Crippen LogP contribution in [0.2, 0.25) is 0 Å². The van der Waals surface area contributed by atoms with Gasteiger partial charge in [0.05, 0.1) is 18.4 Å². The molecule has 0 saturated heterocycles. The summed E-state index contributed by atoms with van der Waals surface area (Å²) in [7, 11) is 1.63. The van der Waals surface area contributed by atoms with E-state index in [0.717, 1.165) is 22.8 Å². The molecule has 25 heavy (non-hydrogen) atoms. The highest BCUT2D eigenvalue weighted by Gasteiger charge is 2.38. The fourth-order valence-electron chi connectivity index (χ4n) is 3.02. The predicted molar refractivity (Wildman–Crippen MR) is 96.8 cm³/mol. The molecule has 1 aliphatic heterocycles. The third-order valence-electron chi connectivity index (χ3n) is 4.23. The average molecular weight is 331 g/mol.